The van der Waals surface area contributed by atoms with Crippen LogP contribution in [-0.4, -0.2) is 148 Å². The fourth-order valence-corrected chi connectivity index (χ4v) is 7.66. The lowest BCUT2D eigenvalue weighted by molar-refractivity contribution is -0.142. The molecule has 26 heteroatoms. The van der Waals surface area contributed by atoms with Crippen molar-refractivity contribution < 1.29 is 58.2 Å². The molecule has 0 unspecified atom stereocenters. The second kappa shape index (κ2) is 27.7. The standard InChI is InChI=1S/C45H70N14O12/c1-21(2)34(58-43(69)36(23(5)60)59-42(68)35(22(3)4)57-40(66)31(19-33(47)62)55-37(63)27-12-8-16-50-27)41(67)56-30(18-24-20-52-26-11-7-6-10-25(24)26)39(65)53-28(14-15-32(46)61)38(64)54-29(44(70)71)13-9-17-51-45(48)49/h6-7,10-11,20-23,27-31,34-36,50,52,60H,8-9,12-19H2,1-5H3,(H2,46,61)(H2,47,62)(H,53,65)(H,54,64)(H,55,63)(H,56,67)(H,57,66)(H,58,69)(H,59,68)(H,70,71)(H4,48,49,51)/t23-,27+,28+,29+,30+,31+,34+,35+,36+/m1/s1. The number of nitrogens with one attached hydrogen (secondary N) is 9. The van der Waals surface area contributed by atoms with Crippen LogP contribution in [-0.2, 0) is 54.4 Å². The third-order valence-electron chi connectivity index (χ3n) is 11.6. The number of aliphatic hydroxyl groups excluding tert-OH is 1. The number of carboxylic acid groups (broad SMARTS) is 1. The van der Waals surface area contributed by atoms with E-state index in [2.05, 4.69) is 52.5 Å². The van der Waals surface area contributed by atoms with Gasteiger partial charge in [0.15, 0.2) is 5.96 Å². The molecule has 1 aromatic heterocycles. The Morgan fingerprint density at radius 2 is 1.23 bits per heavy atom. The second-order valence-electron chi connectivity index (χ2n) is 18.1. The number of H-pyrrole nitrogens is 1. The highest BCUT2D eigenvalue weighted by Gasteiger charge is 2.38. The number of aromatic nitrogens is 1. The number of benzene rings is 1. The van der Waals surface area contributed by atoms with Gasteiger partial charge in [0.25, 0.3) is 0 Å². The molecule has 0 radical (unpaired) electrons. The normalized spacial score (nSPS) is 16.7. The fraction of sp³-hybridized carbons (Fsp3) is 0.578. The van der Waals surface area contributed by atoms with Gasteiger partial charge in [0.2, 0.25) is 53.2 Å². The van der Waals surface area contributed by atoms with Gasteiger partial charge >= 0.3 is 5.97 Å². The van der Waals surface area contributed by atoms with Crippen molar-refractivity contribution in [3.63, 3.8) is 0 Å². The molecule has 0 bridgehead atoms. The fourth-order valence-electron chi connectivity index (χ4n) is 7.66. The van der Waals surface area contributed by atoms with Gasteiger partial charge in [-0.3, -0.25) is 48.1 Å². The van der Waals surface area contributed by atoms with Crippen LogP contribution in [0.25, 0.3) is 10.9 Å². The van der Waals surface area contributed by atoms with Crippen molar-refractivity contribution in [2.75, 3.05) is 13.1 Å². The number of carbonyl (C=O) groups is 10. The highest BCUT2D eigenvalue weighted by Crippen LogP contribution is 2.20. The first-order valence-electron chi connectivity index (χ1n) is 23.3. The number of primary amides is 2. The Bertz CT molecular complexity index is 2260. The molecular weight excluding hydrogens is 929 g/mol. The summed E-state index contributed by atoms with van der Waals surface area (Å²) in [6, 6.07) is -3.97. The van der Waals surface area contributed by atoms with E-state index in [0.717, 1.165) is 6.42 Å². The largest absolute Gasteiger partial charge is 0.480 e. The van der Waals surface area contributed by atoms with Crippen molar-refractivity contribution in [3.05, 3.63) is 36.0 Å². The molecule has 1 fully saturated rings. The summed E-state index contributed by atoms with van der Waals surface area (Å²) in [5.41, 5.74) is 22.7. The van der Waals surface area contributed by atoms with E-state index >= 15 is 0 Å². The van der Waals surface area contributed by atoms with Gasteiger partial charge < -0.3 is 80.7 Å². The van der Waals surface area contributed by atoms with Crippen LogP contribution >= 0.6 is 0 Å². The summed E-state index contributed by atoms with van der Waals surface area (Å²) in [7, 11) is 0. The Morgan fingerprint density at radius 3 is 1.79 bits per heavy atom. The maximum Gasteiger partial charge on any atom is 0.326 e. The number of aromatic amines is 1. The molecule has 1 aliphatic rings. The number of para-hydroxylation sites is 1. The summed E-state index contributed by atoms with van der Waals surface area (Å²) in [6.07, 6.45) is -0.240. The first kappa shape index (κ1) is 58.0. The van der Waals surface area contributed by atoms with Gasteiger partial charge in [0.1, 0.15) is 42.3 Å². The van der Waals surface area contributed by atoms with E-state index in [1.165, 1.54) is 6.92 Å². The maximum atomic E-state index is 14.3. The average molecular weight is 999 g/mol. The Labute approximate surface area is 410 Å². The van der Waals surface area contributed by atoms with Gasteiger partial charge in [-0.25, -0.2) is 4.79 Å². The number of guanidine groups is 1. The number of nitrogens with zero attached hydrogens (tertiary/aromatic N) is 1. The van der Waals surface area contributed by atoms with Crippen LogP contribution in [0.15, 0.2) is 35.5 Å². The molecule has 0 saturated carbocycles. The Balaban J connectivity index is 1.87. The van der Waals surface area contributed by atoms with Gasteiger partial charge in [-0.15, -0.1) is 0 Å². The Kier molecular flexibility index (Phi) is 22.6. The zero-order valence-electron chi connectivity index (χ0n) is 40.5. The molecule has 1 aliphatic heterocycles. The number of carboxylic acids is 1. The number of aliphatic carboxylic acids is 1. The molecule has 1 saturated heterocycles. The minimum atomic E-state index is -1.72. The average Bonchev–Trinajstić information content (AvgIpc) is 3.98. The topological polar surface area (TPSA) is 440 Å². The lowest BCUT2D eigenvalue weighted by atomic mass is 9.99. The van der Waals surface area contributed by atoms with E-state index in [4.69, 9.17) is 22.9 Å². The van der Waals surface area contributed by atoms with Crippen LogP contribution in [0.1, 0.15) is 85.1 Å². The summed E-state index contributed by atoms with van der Waals surface area (Å²) in [4.78, 5) is 139. The van der Waals surface area contributed by atoms with Gasteiger partial charge in [-0.2, -0.15) is 0 Å². The number of carbonyl (C=O) groups excluding carboxylic acids is 9. The first-order valence-corrected chi connectivity index (χ1v) is 23.3. The third kappa shape index (κ3) is 18.5. The van der Waals surface area contributed by atoms with E-state index in [1.54, 1.807) is 58.2 Å². The predicted molar refractivity (Wildman–Crippen MR) is 258 cm³/mol. The van der Waals surface area contributed by atoms with Gasteiger partial charge in [0, 0.05) is 36.5 Å². The number of fused-ring (bicyclic) bond motifs is 1. The number of amides is 9. The van der Waals surface area contributed by atoms with E-state index < -0.39 is 138 Å². The van der Waals surface area contributed by atoms with Crippen molar-refractivity contribution in [1.82, 2.24) is 47.5 Å². The monoisotopic (exact) mass is 999 g/mol. The van der Waals surface area contributed by atoms with Crippen LogP contribution in [0, 0.1) is 11.8 Å². The molecule has 0 spiro atoms. The molecule has 2 heterocycles. The molecule has 71 heavy (non-hydrogen) atoms. The summed E-state index contributed by atoms with van der Waals surface area (Å²) < 4.78 is 0. The van der Waals surface area contributed by atoms with Crippen molar-refractivity contribution in [3.8, 4) is 0 Å². The quantitative estimate of drug-likeness (QED) is 0.0209. The van der Waals surface area contributed by atoms with Crippen LogP contribution in [0.2, 0.25) is 0 Å². The smallest absolute Gasteiger partial charge is 0.326 e. The lowest BCUT2D eigenvalue weighted by Gasteiger charge is -2.30. The van der Waals surface area contributed by atoms with Gasteiger partial charge in [0.05, 0.1) is 18.6 Å². The van der Waals surface area contributed by atoms with Crippen molar-refractivity contribution in [2.24, 2.45) is 39.8 Å². The molecule has 9 amide bonds. The molecule has 0 aliphatic carbocycles. The zero-order valence-corrected chi connectivity index (χ0v) is 40.5. The number of aliphatic hydroxyl groups is 1. The predicted octanol–water partition coefficient (Wildman–Crippen LogP) is -4.17. The highest BCUT2D eigenvalue weighted by molar-refractivity contribution is 5.99. The second-order valence-corrected chi connectivity index (χ2v) is 18.1. The maximum absolute atomic E-state index is 14.3. The van der Waals surface area contributed by atoms with Crippen molar-refractivity contribution >= 4 is 76.0 Å². The molecule has 1 aromatic carbocycles. The van der Waals surface area contributed by atoms with Crippen molar-refractivity contribution in [2.45, 2.75) is 140 Å². The van der Waals surface area contributed by atoms with Crippen LogP contribution in [0.4, 0.5) is 0 Å². The van der Waals surface area contributed by atoms with Gasteiger partial charge in [-0.1, -0.05) is 45.9 Å². The number of hydrogen-bond donors (Lipinski definition) is 15. The summed E-state index contributed by atoms with van der Waals surface area (Å²) in [5.74, 6) is -10.9. The summed E-state index contributed by atoms with van der Waals surface area (Å²) in [5, 5.41) is 41.8. The summed E-state index contributed by atoms with van der Waals surface area (Å²) >= 11 is 0. The molecule has 2 aromatic rings. The number of aliphatic imine (C=N–C) groups is 1. The van der Waals surface area contributed by atoms with Crippen molar-refractivity contribution in [1.29, 1.82) is 0 Å². The SMILES string of the molecule is CC(C)[C@H](NC(=O)[C@H](CC(N)=O)NC(=O)[C@@H]1CCCN1)C(=O)N[C@H](C(=O)N[C@H](C(=O)N[C@@H](Cc1c[nH]c2ccccc12)C(=O)N[C@@H](CCC(N)=O)C(=O)N[C@@H](CCCN=C(N)N)C(=O)O)C(C)C)[C@@H](C)O. The van der Waals surface area contributed by atoms with Gasteiger partial charge in [-0.05, 0) is 69.0 Å². The minimum absolute atomic E-state index is 0.0618. The molecular formula is C45H70N14O12. The zero-order chi connectivity index (χ0) is 53.1. The highest BCUT2D eigenvalue weighted by atomic mass is 16.4. The molecule has 9 atom stereocenters. The molecule has 19 N–H and O–H groups in total. The number of hydrogen-bond acceptors (Lipinski definition) is 13. The van der Waals surface area contributed by atoms with E-state index in [-0.39, 0.29) is 38.2 Å². The molecule has 392 valence electrons. The Hall–Kier alpha value is -7.35. The van der Waals surface area contributed by atoms with E-state index in [1.807, 2.05) is 0 Å². The molecule has 3 rings (SSSR count). The number of nitrogens with two attached hydrogens (primary N) is 4. The lowest BCUT2D eigenvalue weighted by Crippen LogP contribution is -2.63. The summed E-state index contributed by atoms with van der Waals surface area (Å²) in [6.45, 7) is 8.14. The van der Waals surface area contributed by atoms with E-state index in [0.29, 0.717) is 29.4 Å². The van der Waals surface area contributed by atoms with Crippen LogP contribution in [0.3, 0.4) is 0 Å². The van der Waals surface area contributed by atoms with Crippen LogP contribution in [0.5, 0.6) is 0 Å². The van der Waals surface area contributed by atoms with E-state index in [9.17, 15) is 58.2 Å². The number of rotatable bonds is 29. The first-order chi connectivity index (χ1) is 33.4. The Morgan fingerprint density at radius 1 is 0.676 bits per heavy atom. The van der Waals surface area contributed by atoms with Crippen LogP contribution < -0.4 is 65.5 Å². The minimum Gasteiger partial charge on any atom is -0.480 e. The third-order valence-corrected chi connectivity index (χ3v) is 11.6. The molecule has 26 nitrogen and oxygen atoms in total.